The monoisotopic (exact) mass is 531 g/mol. The van der Waals surface area contributed by atoms with Crippen molar-refractivity contribution in [2.75, 3.05) is 23.8 Å². The van der Waals surface area contributed by atoms with Crippen LogP contribution >= 0.6 is 35.1 Å². The lowest BCUT2D eigenvalue weighted by atomic mass is 10.2. The van der Waals surface area contributed by atoms with Gasteiger partial charge in [-0.2, -0.15) is 5.26 Å². The number of carbonyl (C=O) groups is 1. The number of amidine groups is 1. The van der Waals surface area contributed by atoms with E-state index < -0.39 is 0 Å². The third kappa shape index (κ3) is 4.58. The predicted octanol–water partition coefficient (Wildman–Crippen LogP) is 6.82. The first-order valence-corrected chi connectivity index (χ1v) is 13.4. The minimum atomic E-state index is -0.109. The fourth-order valence-electron chi connectivity index (χ4n) is 4.04. The van der Waals surface area contributed by atoms with E-state index in [-0.39, 0.29) is 5.91 Å². The largest absolute Gasteiger partial charge is 0.384 e. The Bertz CT molecular complexity index is 1450. The molecule has 6 nitrogen and oxygen atoms in total. The Morgan fingerprint density at radius 2 is 1.89 bits per heavy atom. The first-order chi connectivity index (χ1) is 17.5. The van der Waals surface area contributed by atoms with Gasteiger partial charge in [0.2, 0.25) is 0 Å². The number of fused-ring (bicyclic) bond motifs is 1. The molecule has 2 aliphatic heterocycles. The number of thioether (sulfide) groups is 2. The van der Waals surface area contributed by atoms with Crippen LogP contribution in [0.1, 0.15) is 18.1 Å². The molecule has 3 aromatic rings. The van der Waals surface area contributed by atoms with Crippen LogP contribution in [0.5, 0.6) is 0 Å². The number of nitrogens with one attached hydrogen (secondary N) is 1. The van der Waals surface area contributed by atoms with Gasteiger partial charge in [-0.25, -0.2) is 4.99 Å². The molecule has 5 rings (SSSR count). The van der Waals surface area contributed by atoms with Crippen LogP contribution in [0.2, 0.25) is 5.02 Å². The molecule has 36 heavy (non-hydrogen) atoms. The molecule has 0 bridgehead atoms. The van der Waals surface area contributed by atoms with Crippen LogP contribution in [0.3, 0.4) is 0 Å². The van der Waals surface area contributed by atoms with Crippen molar-refractivity contribution in [1.82, 2.24) is 4.90 Å². The number of hydrogen-bond acceptors (Lipinski definition) is 7. The summed E-state index contributed by atoms with van der Waals surface area (Å²) in [5, 5.41) is 14.8. The van der Waals surface area contributed by atoms with Crippen LogP contribution in [0.4, 0.5) is 17.1 Å². The average molecular weight is 532 g/mol. The second kappa shape index (κ2) is 10.3. The lowest BCUT2D eigenvalue weighted by molar-refractivity contribution is -0.122. The van der Waals surface area contributed by atoms with Crippen molar-refractivity contribution in [2.45, 2.75) is 18.4 Å². The Balaban J connectivity index is 1.60. The summed E-state index contributed by atoms with van der Waals surface area (Å²) in [4.78, 5) is 24.0. The van der Waals surface area contributed by atoms with Gasteiger partial charge in [-0.3, -0.25) is 9.69 Å². The summed E-state index contributed by atoms with van der Waals surface area (Å²) in [5.41, 5.74) is 3.84. The van der Waals surface area contributed by atoms with E-state index in [1.165, 1.54) is 23.5 Å². The number of para-hydroxylation sites is 1. The van der Waals surface area contributed by atoms with E-state index in [9.17, 15) is 10.1 Å². The quantitative estimate of drug-likeness (QED) is 0.364. The minimum absolute atomic E-state index is 0.109. The number of carbonyl (C=O) groups excluding carboxylic acids is 1. The van der Waals surface area contributed by atoms with Crippen molar-refractivity contribution in [2.24, 2.45) is 4.99 Å². The number of amides is 1. The molecule has 180 valence electrons. The van der Waals surface area contributed by atoms with Crippen molar-refractivity contribution in [1.29, 1.82) is 5.26 Å². The molecule has 1 N–H and O–H groups in total. The standard InChI is InChI=1S/C27H22ClN5OS2/c1-3-30-20-13-12-18(15-29)14-21(20)31-27-33(16-17-8-5-4-6-9-17)25(34)24(36-27)26-32(2)23-19(28)10-7-11-22(23)35-26/h4-14,30H,3,16H2,1-2H3/b26-24+,31-27?. The zero-order valence-electron chi connectivity index (χ0n) is 19.7. The summed E-state index contributed by atoms with van der Waals surface area (Å²) >= 11 is 9.37. The summed E-state index contributed by atoms with van der Waals surface area (Å²) in [5.74, 6) is -0.109. The number of nitrogens with zero attached hydrogens (tertiary/aromatic N) is 4. The summed E-state index contributed by atoms with van der Waals surface area (Å²) in [6, 6.07) is 23.2. The van der Waals surface area contributed by atoms with E-state index in [0.29, 0.717) is 39.4 Å². The van der Waals surface area contributed by atoms with Crippen molar-refractivity contribution >= 4 is 63.3 Å². The summed E-state index contributed by atoms with van der Waals surface area (Å²) in [6.45, 7) is 3.10. The smallest absolute Gasteiger partial charge is 0.269 e. The van der Waals surface area contributed by atoms with Gasteiger partial charge >= 0.3 is 0 Å². The van der Waals surface area contributed by atoms with Crippen LogP contribution in [-0.4, -0.2) is 29.6 Å². The molecule has 0 atom stereocenters. The van der Waals surface area contributed by atoms with Crippen LogP contribution < -0.4 is 10.2 Å². The molecule has 1 amide bonds. The number of halogens is 1. The Kier molecular flexibility index (Phi) is 6.97. The summed E-state index contributed by atoms with van der Waals surface area (Å²) in [7, 11) is 1.93. The van der Waals surface area contributed by atoms with Gasteiger partial charge in [0.1, 0.15) is 4.91 Å². The number of aliphatic imine (C=N–C) groups is 1. The highest BCUT2D eigenvalue weighted by atomic mass is 35.5. The van der Waals surface area contributed by atoms with E-state index in [2.05, 4.69) is 11.4 Å². The van der Waals surface area contributed by atoms with Gasteiger partial charge in [0.15, 0.2) is 5.17 Å². The van der Waals surface area contributed by atoms with Crippen LogP contribution in [0.25, 0.3) is 0 Å². The molecule has 2 aliphatic rings. The van der Waals surface area contributed by atoms with Crippen molar-refractivity contribution < 1.29 is 4.79 Å². The maximum Gasteiger partial charge on any atom is 0.269 e. The number of anilines is 2. The number of hydrogen-bond donors (Lipinski definition) is 1. The van der Waals surface area contributed by atoms with Gasteiger partial charge in [0, 0.05) is 18.5 Å². The lowest BCUT2D eigenvalue weighted by Crippen LogP contribution is -2.29. The Morgan fingerprint density at radius 1 is 1.08 bits per heavy atom. The predicted molar refractivity (Wildman–Crippen MR) is 150 cm³/mol. The topological polar surface area (TPSA) is 71.7 Å². The van der Waals surface area contributed by atoms with E-state index >= 15 is 0 Å². The first kappa shape index (κ1) is 24.3. The third-order valence-electron chi connectivity index (χ3n) is 5.75. The highest BCUT2D eigenvalue weighted by molar-refractivity contribution is 8.19. The number of rotatable bonds is 5. The lowest BCUT2D eigenvalue weighted by Gasteiger charge is -2.17. The molecule has 3 aromatic carbocycles. The van der Waals surface area contributed by atoms with Gasteiger partial charge in [0.05, 0.1) is 45.3 Å². The number of benzene rings is 3. The van der Waals surface area contributed by atoms with Gasteiger partial charge < -0.3 is 10.2 Å². The van der Waals surface area contributed by atoms with Gasteiger partial charge in [0.25, 0.3) is 5.91 Å². The van der Waals surface area contributed by atoms with Crippen LogP contribution in [-0.2, 0) is 11.3 Å². The molecular formula is C27H22ClN5OS2. The molecule has 0 saturated carbocycles. The average Bonchev–Trinajstić information content (AvgIpc) is 3.38. The van der Waals surface area contributed by atoms with E-state index in [4.69, 9.17) is 16.6 Å². The second-order valence-electron chi connectivity index (χ2n) is 8.13. The fourth-order valence-corrected chi connectivity index (χ4v) is 6.76. The molecule has 0 aliphatic carbocycles. The van der Waals surface area contributed by atoms with Crippen LogP contribution in [0, 0.1) is 11.3 Å². The van der Waals surface area contributed by atoms with E-state index in [0.717, 1.165) is 26.9 Å². The van der Waals surface area contributed by atoms with Crippen LogP contribution in [0.15, 0.2) is 86.6 Å². The highest BCUT2D eigenvalue weighted by Crippen LogP contribution is 2.52. The molecule has 0 aromatic heterocycles. The minimum Gasteiger partial charge on any atom is -0.384 e. The maximum atomic E-state index is 13.8. The molecule has 0 unspecified atom stereocenters. The van der Waals surface area contributed by atoms with Gasteiger partial charge in [-0.1, -0.05) is 59.8 Å². The van der Waals surface area contributed by atoms with E-state index in [1.54, 1.807) is 17.0 Å². The molecular weight excluding hydrogens is 510 g/mol. The molecule has 2 heterocycles. The third-order valence-corrected chi connectivity index (χ3v) is 8.47. The van der Waals surface area contributed by atoms with Crippen molar-refractivity contribution in [3.63, 3.8) is 0 Å². The number of nitriles is 1. The first-order valence-electron chi connectivity index (χ1n) is 11.3. The fraction of sp³-hybridized carbons (Fsp3) is 0.148. The Labute approximate surface area is 223 Å². The second-order valence-corrected chi connectivity index (χ2v) is 10.5. The van der Waals surface area contributed by atoms with Crippen molar-refractivity contribution in [3.8, 4) is 6.07 Å². The zero-order chi connectivity index (χ0) is 25.2. The summed E-state index contributed by atoms with van der Waals surface area (Å²) < 4.78 is 0. The molecule has 1 saturated heterocycles. The van der Waals surface area contributed by atoms with Gasteiger partial charge in [-0.15, -0.1) is 0 Å². The highest BCUT2D eigenvalue weighted by Gasteiger charge is 2.39. The summed E-state index contributed by atoms with van der Waals surface area (Å²) in [6.07, 6.45) is 0. The molecule has 1 fully saturated rings. The Hall–Kier alpha value is -3.38. The molecule has 0 spiro atoms. The zero-order valence-corrected chi connectivity index (χ0v) is 22.0. The van der Waals surface area contributed by atoms with Gasteiger partial charge in [-0.05, 0) is 54.6 Å². The maximum absolute atomic E-state index is 13.8. The Morgan fingerprint density at radius 3 is 2.61 bits per heavy atom. The molecule has 9 heteroatoms. The normalized spacial score (nSPS) is 18.1. The SMILES string of the molecule is CCNc1ccc(C#N)cc1N=C1S/C(=C2/Sc3cccc(Cl)c3N2C)C(=O)N1Cc1ccccc1. The molecule has 0 radical (unpaired) electrons. The van der Waals surface area contributed by atoms with Crippen molar-refractivity contribution in [3.05, 3.63) is 92.8 Å². The van der Waals surface area contributed by atoms with E-state index in [1.807, 2.05) is 73.5 Å².